The van der Waals surface area contributed by atoms with Crippen molar-refractivity contribution in [2.75, 3.05) is 0 Å². The molecule has 1 N–H and O–H groups in total. The van der Waals surface area contributed by atoms with Crippen molar-refractivity contribution < 1.29 is 19.1 Å². The second-order valence-electron chi connectivity index (χ2n) is 9.28. The zero-order chi connectivity index (χ0) is 24.9. The van der Waals surface area contributed by atoms with Crippen LogP contribution in [0.15, 0.2) is 83.3 Å². The highest BCUT2D eigenvalue weighted by Crippen LogP contribution is 2.34. The van der Waals surface area contributed by atoms with Crippen LogP contribution in [0.25, 0.3) is 0 Å². The second-order valence-corrected chi connectivity index (χ2v) is 9.28. The van der Waals surface area contributed by atoms with Crippen LogP contribution in [-0.4, -0.2) is 22.2 Å². The first-order chi connectivity index (χ1) is 17.6. The number of ether oxygens (including phenoxy) is 1. The molecule has 5 nitrogen and oxygen atoms in total. The van der Waals surface area contributed by atoms with Crippen molar-refractivity contribution in [3.8, 4) is 5.75 Å². The van der Waals surface area contributed by atoms with Crippen LogP contribution in [0.3, 0.4) is 0 Å². The Kier molecular flexibility index (Phi) is 7.17. The fourth-order valence-corrected chi connectivity index (χ4v) is 5.10. The van der Waals surface area contributed by atoms with E-state index in [1.54, 1.807) is 0 Å². The van der Waals surface area contributed by atoms with Gasteiger partial charge in [0.15, 0.2) is 0 Å². The van der Waals surface area contributed by atoms with Gasteiger partial charge in [0, 0.05) is 12.8 Å². The monoisotopic (exact) mass is 481 g/mol. The van der Waals surface area contributed by atoms with Crippen LogP contribution < -0.4 is 4.74 Å². The predicted octanol–water partition coefficient (Wildman–Crippen LogP) is 6.37. The van der Waals surface area contributed by atoms with Gasteiger partial charge in [-0.25, -0.2) is 9.78 Å². The van der Waals surface area contributed by atoms with E-state index in [9.17, 15) is 9.90 Å². The number of nitrogens with zero attached hydrogens (tertiary/aromatic N) is 1. The first-order valence-electron chi connectivity index (χ1n) is 12.7. The molecule has 1 unspecified atom stereocenters. The van der Waals surface area contributed by atoms with Gasteiger partial charge in [-0.2, -0.15) is 0 Å². The van der Waals surface area contributed by atoms with Gasteiger partial charge in [0.05, 0.1) is 11.6 Å². The van der Waals surface area contributed by atoms with Gasteiger partial charge in [0.25, 0.3) is 0 Å². The summed E-state index contributed by atoms with van der Waals surface area (Å²) in [4.78, 5) is 17.2. The summed E-state index contributed by atoms with van der Waals surface area (Å²) in [5, 5.41) is 10.1. The molecule has 5 heteroatoms. The molecule has 1 atom stereocenters. The molecule has 184 valence electrons. The molecular formula is C31H31NO4. The smallest absolute Gasteiger partial charge is 0.345 e. The largest absolute Gasteiger partial charge is 0.478 e. The average molecular weight is 482 g/mol. The van der Waals surface area contributed by atoms with Crippen LogP contribution >= 0.6 is 0 Å². The van der Waals surface area contributed by atoms with Gasteiger partial charge in [0.1, 0.15) is 11.5 Å². The summed E-state index contributed by atoms with van der Waals surface area (Å²) in [6, 6.07) is 26.2. The van der Waals surface area contributed by atoms with Crippen molar-refractivity contribution in [2.45, 2.75) is 57.5 Å². The number of hydrogen-bond acceptors (Lipinski definition) is 4. The van der Waals surface area contributed by atoms with E-state index in [-0.39, 0.29) is 12.3 Å². The first kappa shape index (κ1) is 23.9. The molecule has 1 aliphatic carbocycles. The van der Waals surface area contributed by atoms with Gasteiger partial charge in [-0.05, 0) is 54.0 Å². The lowest BCUT2D eigenvalue weighted by molar-refractivity contribution is -0.145. The van der Waals surface area contributed by atoms with E-state index in [1.807, 2.05) is 55.5 Å². The van der Waals surface area contributed by atoms with Gasteiger partial charge in [-0.1, -0.05) is 79.7 Å². The molecule has 1 heterocycles. The second kappa shape index (κ2) is 10.8. The SMILES string of the molecule is CCc1oc(C(c2ccccc2)c2ccccc2)nc1CC(Oc1cccc2c1CCCC2)C(=O)O. The van der Waals surface area contributed by atoms with E-state index in [2.05, 4.69) is 30.3 Å². The molecule has 0 fully saturated rings. The van der Waals surface area contributed by atoms with E-state index < -0.39 is 12.1 Å². The molecule has 3 aromatic carbocycles. The summed E-state index contributed by atoms with van der Waals surface area (Å²) in [5.74, 6) is 0.759. The molecule has 0 amide bonds. The Morgan fingerprint density at radius 1 is 0.944 bits per heavy atom. The van der Waals surface area contributed by atoms with Crippen molar-refractivity contribution in [2.24, 2.45) is 0 Å². The fraction of sp³-hybridized carbons (Fsp3) is 0.290. The van der Waals surface area contributed by atoms with Crippen LogP contribution in [0.2, 0.25) is 0 Å². The third-order valence-corrected chi connectivity index (χ3v) is 6.91. The van der Waals surface area contributed by atoms with E-state index in [4.69, 9.17) is 14.1 Å². The van der Waals surface area contributed by atoms with Gasteiger partial charge in [-0.3, -0.25) is 0 Å². The third-order valence-electron chi connectivity index (χ3n) is 6.91. The number of rotatable bonds is 9. The number of carbonyl (C=O) groups is 1. The van der Waals surface area contributed by atoms with Gasteiger partial charge < -0.3 is 14.3 Å². The Balaban J connectivity index is 1.47. The molecule has 0 radical (unpaired) electrons. The Morgan fingerprint density at radius 2 is 1.61 bits per heavy atom. The summed E-state index contributed by atoms with van der Waals surface area (Å²) < 4.78 is 12.4. The minimum absolute atomic E-state index is 0.141. The fourth-order valence-electron chi connectivity index (χ4n) is 5.10. The lowest BCUT2D eigenvalue weighted by Crippen LogP contribution is -2.30. The molecule has 36 heavy (non-hydrogen) atoms. The van der Waals surface area contributed by atoms with Crippen LogP contribution in [0, 0.1) is 0 Å². The molecule has 5 rings (SSSR count). The molecular weight excluding hydrogens is 450 g/mol. The third kappa shape index (κ3) is 5.06. The number of hydrogen-bond donors (Lipinski definition) is 1. The van der Waals surface area contributed by atoms with Crippen molar-refractivity contribution in [3.63, 3.8) is 0 Å². The number of oxazole rings is 1. The summed E-state index contributed by atoms with van der Waals surface area (Å²) in [7, 11) is 0. The number of carboxylic acids is 1. The van der Waals surface area contributed by atoms with E-state index in [0.717, 1.165) is 42.4 Å². The molecule has 1 aliphatic rings. The minimum Gasteiger partial charge on any atom is -0.478 e. The molecule has 0 saturated carbocycles. The average Bonchev–Trinajstić information content (AvgIpc) is 3.32. The zero-order valence-electron chi connectivity index (χ0n) is 20.5. The van der Waals surface area contributed by atoms with E-state index in [1.165, 1.54) is 5.56 Å². The van der Waals surface area contributed by atoms with Gasteiger partial charge in [0.2, 0.25) is 12.0 Å². The molecule has 0 aliphatic heterocycles. The standard InChI is InChI=1S/C31H31NO4/c1-2-26-25(20-28(31(33)34)35-27-19-11-17-21-12-9-10-18-24(21)27)32-30(36-26)29(22-13-5-3-6-14-22)23-15-7-4-8-16-23/h3-8,11,13-17,19,28-29H,2,9-10,12,18,20H2,1H3,(H,33,34). The highest BCUT2D eigenvalue weighted by molar-refractivity contribution is 5.73. The van der Waals surface area contributed by atoms with Crippen molar-refractivity contribution >= 4 is 5.97 Å². The highest BCUT2D eigenvalue weighted by atomic mass is 16.5. The summed E-state index contributed by atoms with van der Waals surface area (Å²) in [5.41, 5.74) is 5.18. The topological polar surface area (TPSA) is 72.6 Å². The molecule has 0 spiro atoms. The number of aromatic nitrogens is 1. The highest BCUT2D eigenvalue weighted by Gasteiger charge is 2.29. The lowest BCUT2D eigenvalue weighted by Gasteiger charge is -2.22. The molecule has 1 aromatic heterocycles. The maximum absolute atomic E-state index is 12.3. The number of fused-ring (bicyclic) bond motifs is 1. The zero-order valence-corrected chi connectivity index (χ0v) is 20.5. The van der Waals surface area contributed by atoms with Gasteiger partial charge in [-0.15, -0.1) is 0 Å². The molecule has 4 aromatic rings. The summed E-state index contributed by atoms with van der Waals surface area (Å²) >= 11 is 0. The lowest BCUT2D eigenvalue weighted by atomic mass is 9.91. The minimum atomic E-state index is -1.05. The number of benzene rings is 3. The summed E-state index contributed by atoms with van der Waals surface area (Å²) in [6.07, 6.45) is 3.89. The quantitative estimate of drug-likeness (QED) is 0.301. The Bertz CT molecular complexity index is 1270. The first-order valence-corrected chi connectivity index (χ1v) is 12.7. The normalized spacial score (nSPS) is 13.8. The van der Waals surface area contributed by atoms with Crippen LogP contribution in [0.1, 0.15) is 65.3 Å². The van der Waals surface area contributed by atoms with Crippen molar-refractivity contribution in [3.05, 3.63) is 118 Å². The maximum Gasteiger partial charge on any atom is 0.345 e. The van der Waals surface area contributed by atoms with Crippen LogP contribution in [0.5, 0.6) is 5.75 Å². The number of aryl methyl sites for hydroxylation is 2. The summed E-state index contributed by atoms with van der Waals surface area (Å²) in [6.45, 7) is 2.00. The number of aliphatic carboxylic acids is 1. The van der Waals surface area contributed by atoms with E-state index in [0.29, 0.717) is 29.5 Å². The van der Waals surface area contributed by atoms with Crippen LogP contribution in [-0.2, 0) is 30.5 Å². The van der Waals surface area contributed by atoms with Crippen LogP contribution in [0.4, 0.5) is 0 Å². The van der Waals surface area contributed by atoms with Crippen molar-refractivity contribution in [1.29, 1.82) is 0 Å². The molecule has 0 bridgehead atoms. The van der Waals surface area contributed by atoms with Gasteiger partial charge >= 0.3 is 5.97 Å². The number of carboxylic acid groups (broad SMARTS) is 1. The Morgan fingerprint density at radius 3 is 2.25 bits per heavy atom. The Hall–Kier alpha value is -3.86. The predicted molar refractivity (Wildman–Crippen MR) is 139 cm³/mol. The molecule has 0 saturated heterocycles. The van der Waals surface area contributed by atoms with Crippen molar-refractivity contribution in [1.82, 2.24) is 4.98 Å². The maximum atomic E-state index is 12.3. The van der Waals surface area contributed by atoms with E-state index >= 15 is 0 Å². The Labute approximate surface area is 211 Å².